The molecule has 3 nitrogen and oxygen atoms in total. The van der Waals surface area contributed by atoms with E-state index in [1.165, 1.54) is 6.07 Å². The molecule has 1 fully saturated rings. The predicted molar refractivity (Wildman–Crippen MR) is 67.4 cm³/mol. The first-order chi connectivity index (χ1) is 8.09. The maximum atomic E-state index is 13.2. The van der Waals surface area contributed by atoms with Crippen molar-refractivity contribution in [3.63, 3.8) is 0 Å². The molecule has 1 aromatic rings. The first-order valence-electron chi connectivity index (χ1n) is 6.02. The van der Waals surface area contributed by atoms with Crippen molar-refractivity contribution in [2.24, 2.45) is 5.73 Å². The van der Waals surface area contributed by atoms with Crippen LogP contribution < -0.4 is 11.1 Å². The van der Waals surface area contributed by atoms with Crippen LogP contribution in [0.5, 0.6) is 0 Å². The van der Waals surface area contributed by atoms with Crippen LogP contribution in [0.15, 0.2) is 18.2 Å². The molecule has 1 aliphatic rings. The molecule has 2 rings (SSSR count). The number of benzene rings is 1. The molecule has 1 heterocycles. The molecule has 0 spiro atoms. The standard InChI is InChI=1S/C13H20FN3/c1-9-7-10(3-4-11(9)14)13(15)12-8-16-5-6-17(12)2/h3-4,7,12-13,16H,5-6,8,15H2,1-2H3. The van der Waals surface area contributed by atoms with Gasteiger partial charge in [0.05, 0.1) is 0 Å². The number of halogens is 1. The molecule has 0 saturated carbocycles. The second-order valence-corrected chi connectivity index (χ2v) is 4.79. The quantitative estimate of drug-likeness (QED) is 0.807. The van der Waals surface area contributed by atoms with E-state index >= 15 is 0 Å². The van der Waals surface area contributed by atoms with E-state index < -0.39 is 0 Å². The van der Waals surface area contributed by atoms with Gasteiger partial charge in [-0.3, -0.25) is 4.90 Å². The molecule has 0 bridgehead atoms. The van der Waals surface area contributed by atoms with Crippen LogP contribution in [0.3, 0.4) is 0 Å². The fraction of sp³-hybridized carbons (Fsp3) is 0.538. The van der Waals surface area contributed by atoms with Gasteiger partial charge in [0, 0.05) is 31.7 Å². The summed E-state index contributed by atoms with van der Waals surface area (Å²) in [4.78, 5) is 2.26. The van der Waals surface area contributed by atoms with Crippen LogP contribution in [0.1, 0.15) is 17.2 Å². The van der Waals surface area contributed by atoms with Gasteiger partial charge in [-0.1, -0.05) is 12.1 Å². The van der Waals surface area contributed by atoms with Gasteiger partial charge in [-0.15, -0.1) is 0 Å². The summed E-state index contributed by atoms with van der Waals surface area (Å²) in [5.41, 5.74) is 7.94. The number of hydrogen-bond acceptors (Lipinski definition) is 3. The van der Waals surface area contributed by atoms with Crippen molar-refractivity contribution in [3.05, 3.63) is 35.1 Å². The lowest BCUT2D eigenvalue weighted by Crippen LogP contribution is -2.53. The smallest absolute Gasteiger partial charge is 0.126 e. The molecule has 0 aromatic heterocycles. The summed E-state index contributed by atoms with van der Waals surface area (Å²) in [5, 5.41) is 3.35. The van der Waals surface area contributed by atoms with E-state index in [1.54, 1.807) is 13.0 Å². The highest BCUT2D eigenvalue weighted by Gasteiger charge is 2.26. The van der Waals surface area contributed by atoms with E-state index in [2.05, 4.69) is 17.3 Å². The monoisotopic (exact) mass is 237 g/mol. The maximum Gasteiger partial charge on any atom is 0.126 e. The Balaban J connectivity index is 2.17. The molecule has 2 atom stereocenters. The Morgan fingerprint density at radius 3 is 2.94 bits per heavy atom. The van der Waals surface area contributed by atoms with Crippen molar-refractivity contribution in [2.75, 3.05) is 26.7 Å². The number of piperazine rings is 1. The van der Waals surface area contributed by atoms with Crippen molar-refractivity contribution in [2.45, 2.75) is 19.0 Å². The lowest BCUT2D eigenvalue weighted by atomic mass is 9.96. The van der Waals surface area contributed by atoms with Crippen molar-refractivity contribution < 1.29 is 4.39 Å². The van der Waals surface area contributed by atoms with E-state index in [0.717, 1.165) is 25.2 Å². The summed E-state index contributed by atoms with van der Waals surface area (Å²) in [5.74, 6) is -0.170. The molecule has 17 heavy (non-hydrogen) atoms. The van der Waals surface area contributed by atoms with Crippen LogP contribution in [0.4, 0.5) is 4.39 Å². The molecule has 4 heteroatoms. The van der Waals surface area contributed by atoms with Gasteiger partial charge < -0.3 is 11.1 Å². The summed E-state index contributed by atoms with van der Waals surface area (Å²) >= 11 is 0. The predicted octanol–water partition coefficient (Wildman–Crippen LogP) is 1.04. The molecule has 2 unspecified atom stereocenters. The summed E-state index contributed by atoms with van der Waals surface area (Å²) in [7, 11) is 2.09. The van der Waals surface area contributed by atoms with Gasteiger partial charge in [0.2, 0.25) is 0 Å². The van der Waals surface area contributed by atoms with Crippen LogP contribution in [0, 0.1) is 12.7 Å². The SMILES string of the molecule is Cc1cc(C(N)C2CNCCN2C)ccc1F. The van der Waals surface area contributed by atoms with E-state index in [9.17, 15) is 4.39 Å². The molecule has 0 radical (unpaired) electrons. The van der Waals surface area contributed by atoms with Crippen molar-refractivity contribution in [1.29, 1.82) is 0 Å². The van der Waals surface area contributed by atoms with Crippen molar-refractivity contribution >= 4 is 0 Å². The van der Waals surface area contributed by atoms with Crippen LogP contribution in [0.25, 0.3) is 0 Å². The van der Waals surface area contributed by atoms with Gasteiger partial charge in [0.25, 0.3) is 0 Å². The zero-order chi connectivity index (χ0) is 12.4. The third-order valence-electron chi connectivity index (χ3n) is 3.54. The number of aryl methyl sites for hydroxylation is 1. The Bertz CT molecular complexity index is 394. The lowest BCUT2D eigenvalue weighted by Gasteiger charge is -2.37. The average molecular weight is 237 g/mol. The van der Waals surface area contributed by atoms with E-state index in [0.29, 0.717) is 5.56 Å². The highest BCUT2D eigenvalue weighted by molar-refractivity contribution is 5.27. The van der Waals surface area contributed by atoms with Crippen LogP contribution in [-0.2, 0) is 0 Å². The molecule has 1 aliphatic heterocycles. The fourth-order valence-electron chi connectivity index (χ4n) is 2.33. The van der Waals surface area contributed by atoms with Gasteiger partial charge in [-0.25, -0.2) is 4.39 Å². The zero-order valence-corrected chi connectivity index (χ0v) is 10.4. The highest BCUT2D eigenvalue weighted by atomic mass is 19.1. The number of hydrogen-bond donors (Lipinski definition) is 2. The Morgan fingerprint density at radius 1 is 1.53 bits per heavy atom. The van der Waals surface area contributed by atoms with Crippen molar-refractivity contribution in [3.8, 4) is 0 Å². The number of nitrogens with two attached hydrogens (primary N) is 1. The second kappa shape index (κ2) is 5.12. The van der Waals surface area contributed by atoms with E-state index in [-0.39, 0.29) is 17.9 Å². The minimum absolute atomic E-state index is 0.0768. The molecule has 0 aliphatic carbocycles. The average Bonchev–Trinajstić information content (AvgIpc) is 2.32. The van der Waals surface area contributed by atoms with Gasteiger partial charge in [0.15, 0.2) is 0 Å². The fourth-order valence-corrected chi connectivity index (χ4v) is 2.33. The molecular weight excluding hydrogens is 217 g/mol. The molecule has 1 aromatic carbocycles. The van der Waals surface area contributed by atoms with Gasteiger partial charge in [0.1, 0.15) is 5.82 Å². The van der Waals surface area contributed by atoms with Crippen LogP contribution in [0.2, 0.25) is 0 Å². The van der Waals surface area contributed by atoms with Crippen molar-refractivity contribution in [1.82, 2.24) is 10.2 Å². The maximum absolute atomic E-state index is 13.2. The van der Waals surface area contributed by atoms with Crippen LogP contribution >= 0.6 is 0 Å². The van der Waals surface area contributed by atoms with E-state index in [4.69, 9.17) is 5.73 Å². The molecule has 1 saturated heterocycles. The first kappa shape index (κ1) is 12.5. The minimum atomic E-state index is -0.170. The minimum Gasteiger partial charge on any atom is -0.323 e. The normalized spacial score (nSPS) is 23.6. The summed E-state index contributed by atoms with van der Waals surface area (Å²) in [6, 6.07) is 5.33. The molecule has 94 valence electrons. The Morgan fingerprint density at radius 2 is 2.29 bits per heavy atom. The largest absolute Gasteiger partial charge is 0.323 e. The number of nitrogens with zero attached hydrogens (tertiary/aromatic N) is 1. The summed E-state index contributed by atoms with van der Waals surface area (Å²) < 4.78 is 13.2. The Hall–Kier alpha value is -0.970. The third kappa shape index (κ3) is 2.65. The molecule has 0 amide bonds. The number of rotatable bonds is 2. The Labute approximate surface area is 102 Å². The zero-order valence-electron chi connectivity index (χ0n) is 10.4. The second-order valence-electron chi connectivity index (χ2n) is 4.79. The highest BCUT2D eigenvalue weighted by Crippen LogP contribution is 2.21. The van der Waals surface area contributed by atoms with Gasteiger partial charge in [-0.05, 0) is 31.2 Å². The number of nitrogens with one attached hydrogen (secondary N) is 1. The lowest BCUT2D eigenvalue weighted by molar-refractivity contribution is 0.174. The summed E-state index contributed by atoms with van der Waals surface area (Å²) in [6.07, 6.45) is 0. The van der Waals surface area contributed by atoms with E-state index in [1.807, 2.05) is 6.07 Å². The molecule has 3 N–H and O–H groups in total. The number of likely N-dealkylation sites (N-methyl/N-ethyl adjacent to an activating group) is 1. The third-order valence-corrected chi connectivity index (χ3v) is 3.54. The molecular formula is C13H20FN3. The summed E-state index contributed by atoms with van der Waals surface area (Å²) in [6.45, 7) is 4.66. The Kier molecular flexibility index (Phi) is 3.76. The van der Waals surface area contributed by atoms with Gasteiger partial charge >= 0.3 is 0 Å². The van der Waals surface area contributed by atoms with Gasteiger partial charge in [-0.2, -0.15) is 0 Å². The van der Waals surface area contributed by atoms with Crippen LogP contribution in [-0.4, -0.2) is 37.6 Å². The first-order valence-corrected chi connectivity index (χ1v) is 6.02. The topological polar surface area (TPSA) is 41.3 Å².